The molecule has 9 unspecified atom stereocenters. The number of carbonyl (C=O) groups is 2. The van der Waals surface area contributed by atoms with Crippen molar-refractivity contribution in [2.24, 2.45) is 47.3 Å². The number of benzene rings is 1. The summed E-state index contributed by atoms with van der Waals surface area (Å²) in [4.78, 5) is 23.5. The Kier molecular flexibility index (Phi) is 5.58. The summed E-state index contributed by atoms with van der Waals surface area (Å²) in [6.07, 6.45) is 7.18. The summed E-state index contributed by atoms with van der Waals surface area (Å²) >= 11 is 0. The largest absolute Gasteiger partial charge is 0.497 e. The molecule has 172 valence electrons. The molecule has 1 aromatic carbocycles. The molecule has 3 saturated carbocycles. The predicted octanol–water partition coefficient (Wildman–Crippen LogP) is 6.47. The number of hydrogen-bond acceptors (Lipinski definition) is 3. The molecule has 32 heavy (non-hydrogen) atoms. The van der Waals surface area contributed by atoms with Crippen LogP contribution in [0.2, 0.25) is 0 Å². The molecule has 3 nitrogen and oxygen atoms in total. The first-order chi connectivity index (χ1) is 15.3. The zero-order valence-corrected chi connectivity index (χ0v) is 20.3. The summed E-state index contributed by atoms with van der Waals surface area (Å²) in [5.41, 5.74) is 3.63. The van der Waals surface area contributed by atoms with Crippen molar-refractivity contribution in [1.29, 1.82) is 0 Å². The fourth-order valence-electron chi connectivity index (χ4n) is 7.99. The van der Waals surface area contributed by atoms with E-state index in [2.05, 4.69) is 33.8 Å². The zero-order chi connectivity index (χ0) is 22.7. The molecule has 0 saturated heterocycles. The van der Waals surface area contributed by atoms with E-state index in [9.17, 15) is 9.59 Å². The van der Waals surface area contributed by atoms with Gasteiger partial charge in [0, 0.05) is 18.4 Å². The molecule has 0 radical (unpaired) electrons. The van der Waals surface area contributed by atoms with Crippen molar-refractivity contribution in [2.75, 3.05) is 7.11 Å². The second-order valence-electron chi connectivity index (χ2n) is 11.3. The molecular weight excluding hydrogens is 396 g/mol. The topological polar surface area (TPSA) is 43.4 Å². The third-order valence-corrected chi connectivity index (χ3v) is 10.2. The first-order valence-corrected chi connectivity index (χ1v) is 12.8. The van der Waals surface area contributed by atoms with Crippen LogP contribution in [0.25, 0.3) is 0 Å². The van der Waals surface area contributed by atoms with E-state index in [0.717, 1.165) is 60.2 Å². The van der Waals surface area contributed by atoms with Gasteiger partial charge in [0.2, 0.25) is 0 Å². The lowest BCUT2D eigenvalue weighted by atomic mass is 9.48. The van der Waals surface area contributed by atoms with Gasteiger partial charge in [0.1, 0.15) is 5.75 Å². The van der Waals surface area contributed by atoms with E-state index < -0.39 is 0 Å². The molecule has 1 aromatic rings. The number of Topliss-reactive ketones (excluding diaryl/α,β-unsaturated/α-hetero) is 1. The summed E-state index contributed by atoms with van der Waals surface area (Å²) in [6.45, 7) is 9.39. The van der Waals surface area contributed by atoms with Crippen molar-refractivity contribution in [1.82, 2.24) is 0 Å². The van der Waals surface area contributed by atoms with Gasteiger partial charge in [-0.05, 0) is 96.3 Å². The summed E-state index contributed by atoms with van der Waals surface area (Å²) < 4.78 is 5.20. The maximum absolute atomic E-state index is 12.1. The monoisotopic (exact) mass is 434 g/mol. The van der Waals surface area contributed by atoms with Crippen LogP contribution < -0.4 is 4.74 Å². The maximum atomic E-state index is 12.1. The van der Waals surface area contributed by atoms with Crippen LogP contribution in [0.15, 0.2) is 29.8 Å². The number of allylic oxidation sites excluding steroid dienone is 2. The molecular formula is C29H38O3. The molecule has 6 rings (SSSR count). The van der Waals surface area contributed by atoms with Gasteiger partial charge in [-0.15, -0.1) is 0 Å². The highest BCUT2D eigenvalue weighted by Crippen LogP contribution is 2.59. The number of carbonyl (C=O) groups excluding carboxylic acids is 2. The molecule has 5 aliphatic rings. The molecule has 0 N–H and O–H groups in total. The van der Waals surface area contributed by atoms with Crippen LogP contribution in [0.3, 0.4) is 0 Å². The van der Waals surface area contributed by atoms with Crippen molar-refractivity contribution in [3.63, 3.8) is 0 Å². The lowest BCUT2D eigenvalue weighted by Crippen LogP contribution is -2.51. The number of methoxy groups -OCH3 is 1. The minimum absolute atomic E-state index is 0.291. The van der Waals surface area contributed by atoms with Crippen molar-refractivity contribution in [3.05, 3.63) is 41.0 Å². The Hall–Kier alpha value is -1.90. The second kappa shape index (κ2) is 8.15. The lowest BCUT2D eigenvalue weighted by Gasteiger charge is -2.57. The van der Waals surface area contributed by atoms with E-state index in [1.165, 1.54) is 24.0 Å². The number of fused-ring (bicyclic) bond motifs is 6. The first kappa shape index (κ1) is 21.9. The number of ketones is 2. The van der Waals surface area contributed by atoms with Gasteiger partial charge >= 0.3 is 0 Å². The van der Waals surface area contributed by atoms with E-state index in [1.54, 1.807) is 7.11 Å². The van der Waals surface area contributed by atoms with E-state index in [4.69, 9.17) is 4.74 Å². The normalized spacial score (nSPS) is 41.3. The molecule has 0 aliphatic heterocycles. The third-order valence-electron chi connectivity index (χ3n) is 10.2. The van der Waals surface area contributed by atoms with Crippen LogP contribution in [-0.4, -0.2) is 18.7 Å². The van der Waals surface area contributed by atoms with Gasteiger partial charge in [-0.1, -0.05) is 39.3 Å². The van der Waals surface area contributed by atoms with E-state index in [0.29, 0.717) is 35.2 Å². The minimum Gasteiger partial charge on any atom is -0.497 e. The Bertz CT molecular complexity index is 959. The summed E-state index contributed by atoms with van der Waals surface area (Å²) in [7, 11) is 1.64. The number of rotatable bonds is 1. The Morgan fingerprint density at radius 2 is 1.62 bits per heavy atom. The maximum Gasteiger partial charge on any atom is 0.163 e. The van der Waals surface area contributed by atoms with Gasteiger partial charge in [-0.3, -0.25) is 9.59 Å². The fraction of sp³-hybridized carbons (Fsp3) is 0.655. The zero-order valence-electron chi connectivity index (χ0n) is 20.3. The van der Waals surface area contributed by atoms with Crippen molar-refractivity contribution in [3.8, 4) is 5.75 Å². The van der Waals surface area contributed by atoms with Crippen molar-refractivity contribution in [2.45, 2.75) is 65.7 Å². The van der Waals surface area contributed by atoms with Crippen LogP contribution in [0, 0.1) is 47.3 Å². The molecule has 5 aliphatic carbocycles. The molecule has 0 spiro atoms. The molecule has 9 atom stereocenters. The molecule has 0 heterocycles. The quantitative estimate of drug-likeness (QED) is 0.509. The summed E-state index contributed by atoms with van der Waals surface area (Å²) in [5, 5.41) is 0. The van der Waals surface area contributed by atoms with E-state index >= 15 is 0 Å². The molecule has 3 fully saturated rings. The lowest BCUT2D eigenvalue weighted by molar-refractivity contribution is -0.117. The highest BCUT2D eigenvalue weighted by molar-refractivity contribution is 5.99. The second-order valence-corrected chi connectivity index (χ2v) is 11.3. The highest BCUT2D eigenvalue weighted by atomic mass is 16.5. The molecule has 0 bridgehead atoms. The molecule has 0 aromatic heterocycles. The van der Waals surface area contributed by atoms with Crippen LogP contribution in [-0.2, 0) is 4.79 Å². The van der Waals surface area contributed by atoms with Gasteiger partial charge in [-0.2, -0.15) is 0 Å². The first-order valence-electron chi connectivity index (χ1n) is 12.8. The van der Waals surface area contributed by atoms with Crippen molar-refractivity contribution < 1.29 is 14.3 Å². The molecule has 3 heteroatoms. The Morgan fingerprint density at radius 3 is 2.38 bits per heavy atom. The van der Waals surface area contributed by atoms with Crippen LogP contribution >= 0.6 is 0 Å². The summed E-state index contributed by atoms with van der Waals surface area (Å²) in [5.74, 6) is 8.44. The van der Waals surface area contributed by atoms with Crippen molar-refractivity contribution >= 4 is 11.6 Å². The fourth-order valence-corrected chi connectivity index (χ4v) is 7.99. The van der Waals surface area contributed by atoms with Crippen LogP contribution in [0.4, 0.5) is 0 Å². The third kappa shape index (κ3) is 3.30. The van der Waals surface area contributed by atoms with Gasteiger partial charge in [0.05, 0.1) is 7.11 Å². The van der Waals surface area contributed by atoms with Crippen LogP contribution in [0.1, 0.15) is 81.6 Å². The minimum atomic E-state index is 0.291. The standard InChI is InChI=1S/C15H18O2.C14H20O/c1-8-9(2)15-11-5-4-10(17-3)6-13(11)14(16)7-12(8)15;1-8-9(2)14-12(8)5-3-10-7-11(15)4-6-13(10)14/h4-6,8-9,12,15H,7H2,1-3H3;7-9,12-14H,3-6H2,1-2H3. The Labute approximate surface area is 193 Å². The molecule has 0 amide bonds. The average Bonchev–Trinajstić information content (AvgIpc) is 2.82. The van der Waals surface area contributed by atoms with Gasteiger partial charge < -0.3 is 4.74 Å². The Morgan fingerprint density at radius 1 is 0.875 bits per heavy atom. The smallest absolute Gasteiger partial charge is 0.163 e. The number of hydrogen-bond donors (Lipinski definition) is 0. The predicted molar refractivity (Wildman–Crippen MR) is 127 cm³/mol. The highest BCUT2D eigenvalue weighted by Gasteiger charge is 2.52. The summed E-state index contributed by atoms with van der Waals surface area (Å²) in [6, 6.07) is 5.97. The Balaban J connectivity index is 0.000000136. The average molecular weight is 435 g/mol. The van der Waals surface area contributed by atoms with Crippen LogP contribution in [0.5, 0.6) is 5.75 Å². The SMILES string of the molecule is CC1C(C)C2C3CCC(=O)C=C3CCC12.COc1ccc2c(c1)C(=O)CC1C(C)C(C)C21. The van der Waals surface area contributed by atoms with E-state index in [1.807, 2.05) is 18.2 Å². The number of ether oxygens (including phenoxy) is 1. The van der Waals surface area contributed by atoms with Gasteiger partial charge in [-0.25, -0.2) is 0 Å². The van der Waals surface area contributed by atoms with E-state index in [-0.39, 0.29) is 0 Å². The van der Waals surface area contributed by atoms with Gasteiger partial charge in [0.25, 0.3) is 0 Å². The van der Waals surface area contributed by atoms with Gasteiger partial charge in [0.15, 0.2) is 11.6 Å².